The highest BCUT2D eigenvalue weighted by molar-refractivity contribution is 5.86. The molecule has 0 amide bonds. The van der Waals surface area contributed by atoms with Gasteiger partial charge in [0.05, 0.1) is 33.9 Å². The van der Waals surface area contributed by atoms with Crippen LogP contribution in [0.4, 0.5) is 0 Å². The SMILES string of the molecule is CC(C)(C)C(=O)OCOc1ccc(-c2coc3c([C@@H]4O[C@H](CO)[C@@H](O)[C@H](O)[C@H]4O)c(OCOC(=O)C(C)(C)C)ccc3c2=O)cc1. The molecule has 0 bridgehead atoms. The predicted octanol–water partition coefficient (Wildman–Crippen LogP) is 2.83. The summed E-state index contributed by atoms with van der Waals surface area (Å²) >= 11 is 0. The maximum atomic E-state index is 13.7. The molecule has 0 spiro atoms. The Bertz CT molecular complexity index is 1600. The Morgan fingerprint density at radius 1 is 0.804 bits per heavy atom. The van der Waals surface area contributed by atoms with E-state index in [0.717, 1.165) is 0 Å². The maximum absolute atomic E-state index is 13.7. The van der Waals surface area contributed by atoms with E-state index < -0.39 is 72.1 Å². The van der Waals surface area contributed by atoms with Crippen molar-refractivity contribution in [3.8, 4) is 22.6 Å². The van der Waals surface area contributed by atoms with E-state index in [1.54, 1.807) is 65.8 Å². The van der Waals surface area contributed by atoms with Gasteiger partial charge in [-0.25, -0.2) is 0 Å². The molecule has 4 N–H and O–H groups in total. The van der Waals surface area contributed by atoms with Gasteiger partial charge in [0, 0.05) is 0 Å². The molecule has 4 rings (SSSR count). The third kappa shape index (κ3) is 7.51. The first kappa shape index (κ1) is 34.9. The Morgan fingerprint density at radius 3 is 1.96 bits per heavy atom. The van der Waals surface area contributed by atoms with Crippen molar-refractivity contribution < 1.29 is 58.1 Å². The van der Waals surface area contributed by atoms with Crippen LogP contribution in [0.2, 0.25) is 0 Å². The van der Waals surface area contributed by atoms with Crippen molar-refractivity contribution in [2.45, 2.75) is 72.1 Å². The number of carbonyl (C=O) groups is 2. The summed E-state index contributed by atoms with van der Waals surface area (Å²) in [6.07, 6.45) is -6.54. The van der Waals surface area contributed by atoms with Gasteiger partial charge in [0.25, 0.3) is 0 Å². The van der Waals surface area contributed by atoms with Crippen LogP contribution in [0.1, 0.15) is 53.2 Å². The monoisotopic (exact) mass is 644 g/mol. The molecular formula is C33H40O13. The third-order valence-corrected chi connectivity index (χ3v) is 7.33. The maximum Gasteiger partial charge on any atom is 0.314 e. The number of hydrogen-bond donors (Lipinski definition) is 4. The highest BCUT2D eigenvalue weighted by Crippen LogP contribution is 2.41. The van der Waals surface area contributed by atoms with Crippen molar-refractivity contribution in [3.05, 3.63) is 58.4 Å². The lowest BCUT2D eigenvalue weighted by Crippen LogP contribution is -2.55. The van der Waals surface area contributed by atoms with Crippen LogP contribution in [0.25, 0.3) is 22.1 Å². The molecule has 13 heteroatoms. The molecule has 0 saturated carbocycles. The molecule has 1 aromatic heterocycles. The van der Waals surface area contributed by atoms with E-state index in [1.165, 1.54) is 18.4 Å². The number of carbonyl (C=O) groups excluding carboxylic acids is 2. The Balaban J connectivity index is 1.68. The molecule has 250 valence electrons. The third-order valence-electron chi connectivity index (χ3n) is 7.33. The lowest BCUT2D eigenvalue weighted by molar-refractivity contribution is -0.231. The van der Waals surface area contributed by atoms with E-state index in [-0.39, 0.29) is 34.6 Å². The molecule has 0 aliphatic carbocycles. The van der Waals surface area contributed by atoms with Gasteiger partial charge in [-0.2, -0.15) is 0 Å². The fraction of sp³-hybridized carbons (Fsp3) is 0.485. The van der Waals surface area contributed by atoms with Crippen LogP contribution >= 0.6 is 0 Å². The van der Waals surface area contributed by atoms with Crippen molar-refractivity contribution >= 4 is 22.9 Å². The average molecular weight is 645 g/mol. The first-order chi connectivity index (χ1) is 21.5. The Kier molecular flexibility index (Phi) is 10.4. The first-order valence-electron chi connectivity index (χ1n) is 14.6. The van der Waals surface area contributed by atoms with Gasteiger partial charge in [-0.15, -0.1) is 0 Å². The van der Waals surface area contributed by atoms with Crippen LogP contribution < -0.4 is 14.9 Å². The number of rotatable bonds is 9. The quantitative estimate of drug-likeness (QED) is 0.197. The topological polar surface area (TPSA) is 191 Å². The van der Waals surface area contributed by atoms with Gasteiger partial charge in [0.15, 0.2) is 0 Å². The number of esters is 2. The molecule has 46 heavy (non-hydrogen) atoms. The van der Waals surface area contributed by atoms with Crippen LogP contribution in [0, 0.1) is 10.8 Å². The molecule has 2 aromatic carbocycles. The number of hydrogen-bond acceptors (Lipinski definition) is 13. The number of fused-ring (bicyclic) bond motifs is 1. The highest BCUT2D eigenvalue weighted by atomic mass is 16.7. The first-order valence-corrected chi connectivity index (χ1v) is 14.6. The summed E-state index contributed by atoms with van der Waals surface area (Å²) in [6, 6.07) is 9.27. The average Bonchev–Trinajstić information content (AvgIpc) is 3.00. The van der Waals surface area contributed by atoms with Crippen LogP contribution in [-0.4, -0.2) is 77.0 Å². The zero-order valence-electron chi connectivity index (χ0n) is 26.5. The van der Waals surface area contributed by atoms with Crippen molar-refractivity contribution in [1.29, 1.82) is 0 Å². The van der Waals surface area contributed by atoms with Gasteiger partial charge < -0.3 is 48.5 Å². The summed E-state index contributed by atoms with van der Waals surface area (Å²) in [5.74, 6) is -0.556. The van der Waals surface area contributed by atoms with Crippen LogP contribution in [-0.2, 0) is 23.8 Å². The molecule has 2 heterocycles. The number of aliphatic hydroxyl groups is 4. The van der Waals surface area contributed by atoms with Crippen LogP contribution in [0.3, 0.4) is 0 Å². The normalized spacial score (nSPS) is 21.9. The van der Waals surface area contributed by atoms with Crippen molar-refractivity contribution in [3.63, 3.8) is 0 Å². The van der Waals surface area contributed by atoms with E-state index in [4.69, 9.17) is 28.1 Å². The highest BCUT2D eigenvalue weighted by Gasteiger charge is 2.46. The molecule has 3 aromatic rings. The molecule has 1 fully saturated rings. The van der Waals surface area contributed by atoms with E-state index in [0.29, 0.717) is 11.3 Å². The van der Waals surface area contributed by atoms with Crippen molar-refractivity contribution in [1.82, 2.24) is 0 Å². The van der Waals surface area contributed by atoms with Gasteiger partial charge in [-0.1, -0.05) is 12.1 Å². The summed E-state index contributed by atoms with van der Waals surface area (Å²) in [5.41, 5.74) is -1.32. The molecular weight excluding hydrogens is 604 g/mol. The van der Waals surface area contributed by atoms with E-state index in [2.05, 4.69) is 0 Å². The number of ether oxygens (including phenoxy) is 5. The molecule has 1 saturated heterocycles. The second kappa shape index (κ2) is 13.8. The van der Waals surface area contributed by atoms with Crippen LogP contribution in [0.5, 0.6) is 11.5 Å². The zero-order valence-corrected chi connectivity index (χ0v) is 26.5. The fourth-order valence-electron chi connectivity index (χ4n) is 4.60. The molecule has 1 aliphatic heterocycles. The molecule has 5 atom stereocenters. The Morgan fingerprint density at radius 2 is 1.39 bits per heavy atom. The molecule has 1 aliphatic rings. The second-order valence-electron chi connectivity index (χ2n) is 13.0. The molecule has 0 radical (unpaired) electrons. The summed E-state index contributed by atoms with van der Waals surface area (Å²) in [6.45, 7) is 8.69. The van der Waals surface area contributed by atoms with Crippen molar-refractivity contribution in [2.24, 2.45) is 10.8 Å². The standard InChI is InChI=1S/C33H40O13/c1-32(2,3)30(39)44-15-42-18-9-7-17(8-10-18)20-14-41-28-19(24(20)35)11-12-21(43-16-45-31(40)33(4,5)6)23(28)29-27(38)26(37)25(36)22(13-34)46-29/h7-12,14,22,25-27,29,34,36-38H,13,15-16H2,1-6H3/t22-,25-,26+,27-,29+/m1/s1. The zero-order chi connectivity index (χ0) is 34.0. The minimum atomic E-state index is -1.72. The summed E-state index contributed by atoms with van der Waals surface area (Å²) < 4.78 is 33.3. The lowest BCUT2D eigenvalue weighted by atomic mass is 9.89. The van der Waals surface area contributed by atoms with Gasteiger partial charge in [0.1, 0.15) is 53.9 Å². The smallest absolute Gasteiger partial charge is 0.314 e. The summed E-state index contributed by atoms with van der Waals surface area (Å²) in [5, 5.41) is 41.6. The summed E-state index contributed by atoms with van der Waals surface area (Å²) in [7, 11) is 0. The minimum Gasteiger partial charge on any atom is -0.463 e. The van der Waals surface area contributed by atoms with Gasteiger partial charge in [-0.3, -0.25) is 14.4 Å². The predicted molar refractivity (Wildman–Crippen MR) is 163 cm³/mol. The van der Waals surface area contributed by atoms with Crippen molar-refractivity contribution in [2.75, 3.05) is 20.2 Å². The van der Waals surface area contributed by atoms with Gasteiger partial charge in [-0.05, 0) is 71.4 Å². The lowest BCUT2D eigenvalue weighted by Gasteiger charge is -2.40. The van der Waals surface area contributed by atoms with Gasteiger partial charge in [0.2, 0.25) is 19.0 Å². The van der Waals surface area contributed by atoms with E-state index in [9.17, 15) is 34.8 Å². The van der Waals surface area contributed by atoms with E-state index >= 15 is 0 Å². The minimum absolute atomic E-state index is 0.00147. The van der Waals surface area contributed by atoms with E-state index in [1.807, 2.05) is 0 Å². The van der Waals surface area contributed by atoms with Gasteiger partial charge >= 0.3 is 11.9 Å². The largest absolute Gasteiger partial charge is 0.463 e. The number of aliphatic hydroxyl groups excluding tert-OH is 4. The number of benzene rings is 2. The van der Waals surface area contributed by atoms with Crippen LogP contribution in [0.15, 0.2) is 51.9 Å². The Hall–Kier alpha value is -4.01. The second-order valence-corrected chi connectivity index (χ2v) is 13.0. The fourth-order valence-corrected chi connectivity index (χ4v) is 4.60. The summed E-state index contributed by atoms with van der Waals surface area (Å²) in [4.78, 5) is 38.0. The Labute approximate surface area is 265 Å². The molecule has 0 unspecified atom stereocenters. The molecule has 13 nitrogen and oxygen atoms in total.